The number of ether oxygens (including phenoxy) is 2. The number of nitrogens with zero attached hydrogens (tertiary/aromatic N) is 6. The molecular formula is C59H70F2N10O8. The Morgan fingerprint density at radius 1 is 0.911 bits per heavy atom. The lowest BCUT2D eigenvalue weighted by Gasteiger charge is -2.34. The fourth-order valence-corrected chi connectivity index (χ4v) is 12.1. The number of hydrogen-bond donors (Lipinski definition) is 5. The van der Waals surface area contributed by atoms with E-state index in [-0.39, 0.29) is 69.5 Å². The molecule has 4 fully saturated rings. The number of hydrogen-bond acceptors (Lipinski definition) is 15. The number of phenols is 1. The summed E-state index contributed by atoms with van der Waals surface area (Å²) < 4.78 is 41.4. The zero-order chi connectivity index (χ0) is 55.6. The van der Waals surface area contributed by atoms with Gasteiger partial charge in [-0.05, 0) is 106 Å². The minimum absolute atomic E-state index is 0.0258. The zero-order valence-electron chi connectivity index (χ0n) is 45.0. The SMILES string of the molecule is C#Cc1c(F)ccc2cc(O)cc(-c3ncc4c(N5CC6CCC(C5)N6)nc(OC)nc4c3F)c12.CCCC(C(=O)NC=O)N1C(=O)c2ccc(NCCCCCCCCCCNC(=O)OCC3CCC4CCCN43)cc2C1=O. The number of alkyl carbamates (subject to hydrolysis) is 1. The largest absolute Gasteiger partial charge is 0.508 e. The number of imide groups is 2. The number of halogens is 2. The van der Waals surface area contributed by atoms with Crippen LogP contribution in [0.1, 0.15) is 136 Å². The smallest absolute Gasteiger partial charge is 0.407 e. The number of benzene rings is 3. The first-order valence-corrected chi connectivity index (χ1v) is 27.9. The Kier molecular flexibility index (Phi) is 18.5. The van der Waals surface area contributed by atoms with Crippen LogP contribution in [0.5, 0.6) is 11.8 Å². The predicted molar refractivity (Wildman–Crippen MR) is 296 cm³/mol. The number of nitrogens with one attached hydrogen (secondary N) is 4. The van der Waals surface area contributed by atoms with Crippen LogP contribution in [0.15, 0.2) is 48.7 Å². The number of anilines is 2. The molecule has 10 rings (SSSR count). The van der Waals surface area contributed by atoms with Crippen molar-refractivity contribution in [1.29, 1.82) is 0 Å². The number of aromatic nitrogens is 3. The molecule has 5 aromatic rings. The summed E-state index contributed by atoms with van der Waals surface area (Å²) >= 11 is 0. The highest BCUT2D eigenvalue weighted by atomic mass is 19.1. The van der Waals surface area contributed by atoms with Crippen molar-refractivity contribution < 1.29 is 47.3 Å². The Bertz CT molecular complexity index is 3110. The number of piperazine rings is 1. The van der Waals surface area contributed by atoms with E-state index in [1.807, 2.05) is 6.92 Å². The first-order chi connectivity index (χ1) is 38.4. The standard InChI is InChI=1S/C33H49N5O6.C26H21F2N5O2/c1-2-12-29(30(40)36-23-39)38-31(41)27-17-14-24(21-28(27)32(38)42)34-18-9-7-5-3-4-6-8-10-19-35-33(43)44-22-26-16-15-25-13-11-20-37(25)26;1-3-17-20(27)7-4-13-8-16(34)9-18(21(13)17)23-22(28)24-19(10-29-23)25(32-26(31-24)35-2)33-11-14-5-6-15(12-33)30-14/h14,17,21,23,25-26,29,34H,2-13,15-16,18-20,22H2,1H3,(H,35,43)(H,36,39,40);1,4,7-10,14-15,30,34H,5-6,11-12H2,2H3. The molecule has 4 saturated heterocycles. The van der Waals surface area contributed by atoms with Crippen LogP contribution in [0.3, 0.4) is 0 Å². The van der Waals surface area contributed by atoms with Gasteiger partial charge in [-0.15, -0.1) is 6.42 Å². The number of carbonyl (C=O) groups excluding carboxylic acids is 5. The van der Waals surface area contributed by atoms with E-state index in [0.29, 0.717) is 60.3 Å². The Hall–Kier alpha value is -7.50. The molecule has 3 aromatic carbocycles. The minimum Gasteiger partial charge on any atom is -0.508 e. The summed E-state index contributed by atoms with van der Waals surface area (Å²) in [4.78, 5) is 79.9. The molecule has 5 unspecified atom stereocenters. The first kappa shape index (κ1) is 56.2. The van der Waals surface area contributed by atoms with Crippen LogP contribution >= 0.6 is 0 Å². The molecule has 0 spiro atoms. The lowest BCUT2D eigenvalue weighted by atomic mass is 9.96. The normalized spacial score (nSPS) is 19.6. The van der Waals surface area contributed by atoms with Crippen molar-refractivity contribution in [2.45, 2.75) is 140 Å². The van der Waals surface area contributed by atoms with Gasteiger partial charge >= 0.3 is 12.1 Å². The second-order valence-corrected chi connectivity index (χ2v) is 21.1. The van der Waals surface area contributed by atoms with Gasteiger partial charge in [-0.3, -0.25) is 39.3 Å². The van der Waals surface area contributed by atoms with E-state index >= 15 is 4.39 Å². The van der Waals surface area contributed by atoms with Gasteiger partial charge < -0.3 is 35.4 Å². The molecule has 418 valence electrons. The number of terminal acetylenes is 1. The number of unbranched alkanes of at least 4 members (excludes halogenated alkanes) is 7. The maximum atomic E-state index is 16.1. The molecule has 0 saturated carbocycles. The van der Waals surface area contributed by atoms with Gasteiger partial charge in [0, 0.05) is 73.2 Å². The van der Waals surface area contributed by atoms with Crippen molar-refractivity contribution in [1.82, 2.24) is 40.7 Å². The number of rotatable bonds is 22. The summed E-state index contributed by atoms with van der Waals surface area (Å²) in [6.07, 6.45) is 23.8. The van der Waals surface area contributed by atoms with Gasteiger partial charge in [-0.25, -0.2) is 13.6 Å². The third-order valence-corrected chi connectivity index (χ3v) is 15.9. The summed E-state index contributed by atoms with van der Waals surface area (Å²) in [6, 6.07) is 11.4. The molecule has 2 bridgehead atoms. The van der Waals surface area contributed by atoms with Crippen LogP contribution < -0.4 is 30.9 Å². The van der Waals surface area contributed by atoms with E-state index in [1.165, 1.54) is 69.7 Å². The number of pyridine rings is 1. The Balaban J connectivity index is 0.000000196. The second-order valence-electron chi connectivity index (χ2n) is 21.1. The molecular weight excluding hydrogens is 1010 g/mol. The summed E-state index contributed by atoms with van der Waals surface area (Å²) in [5.74, 6) is -0.253. The summed E-state index contributed by atoms with van der Waals surface area (Å²) in [7, 11) is 1.43. The van der Waals surface area contributed by atoms with Crippen LogP contribution in [0.2, 0.25) is 0 Å². The van der Waals surface area contributed by atoms with Crippen molar-refractivity contribution in [2.75, 3.05) is 56.7 Å². The van der Waals surface area contributed by atoms with Gasteiger partial charge in [-0.1, -0.05) is 63.9 Å². The molecule has 20 heteroatoms. The van der Waals surface area contributed by atoms with E-state index in [1.54, 1.807) is 18.2 Å². The van der Waals surface area contributed by atoms with E-state index in [9.17, 15) is 33.5 Å². The molecule has 5 amide bonds. The van der Waals surface area contributed by atoms with E-state index in [0.717, 1.165) is 94.6 Å². The van der Waals surface area contributed by atoms with E-state index in [2.05, 4.69) is 51.9 Å². The molecule has 5 N–H and O–H groups in total. The zero-order valence-corrected chi connectivity index (χ0v) is 45.0. The van der Waals surface area contributed by atoms with Gasteiger partial charge in [0.15, 0.2) is 5.82 Å². The molecule has 0 radical (unpaired) electrons. The lowest BCUT2D eigenvalue weighted by molar-refractivity contribution is -0.128. The molecule has 5 aliphatic rings. The number of carbonyl (C=O) groups is 5. The fourth-order valence-electron chi connectivity index (χ4n) is 12.1. The van der Waals surface area contributed by atoms with Gasteiger partial charge in [0.05, 0.1) is 29.2 Å². The molecule has 7 heterocycles. The second kappa shape index (κ2) is 26.0. The van der Waals surface area contributed by atoms with Crippen molar-refractivity contribution in [3.05, 3.63) is 77.0 Å². The summed E-state index contributed by atoms with van der Waals surface area (Å²) in [5, 5.41) is 23.4. The Morgan fingerprint density at radius 3 is 2.37 bits per heavy atom. The Labute approximate surface area is 458 Å². The predicted octanol–water partition coefficient (Wildman–Crippen LogP) is 8.37. The highest BCUT2D eigenvalue weighted by molar-refractivity contribution is 6.23. The molecule has 18 nitrogen and oxygen atoms in total. The lowest BCUT2D eigenvalue weighted by Crippen LogP contribution is -2.51. The van der Waals surface area contributed by atoms with Crippen LogP contribution in [0.25, 0.3) is 32.9 Å². The third kappa shape index (κ3) is 12.7. The van der Waals surface area contributed by atoms with Crippen molar-refractivity contribution in [2.24, 2.45) is 0 Å². The van der Waals surface area contributed by atoms with Crippen molar-refractivity contribution in [3.63, 3.8) is 0 Å². The number of fused-ring (bicyclic) bond motifs is 6. The van der Waals surface area contributed by atoms with Gasteiger partial charge in [0.2, 0.25) is 12.3 Å². The summed E-state index contributed by atoms with van der Waals surface area (Å²) in [5.41, 5.74) is 1.37. The minimum atomic E-state index is -1.01. The Morgan fingerprint density at radius 2 is 1.65 bits per heavy atom. The molecule has 2 aromatic heterocycles. The molecule has 5 aliphatic heterocycles. The van der Waals surface area contributed by atoms with E-state index in [4.69, 9.17) is 15.9 Å². The van der Waals surface area contributed by atoms with Gasteiger partial charge in [-0.2, -0.15) is 9.97 Å². The molecule has 0 aliphatic carbocycles. The van der Waals surface area contributed by atoms with Crippen LogP contribution in [0.4, 0.5) is 25.1 Å². The topological polar surface area (TPSA) is 221 Å². The van der Waals surface area contributed by atoms with Gasteiger partial charge in [0.25, 0.3) is 11.8 Å². The number of methoxy groups -OCH3 is 1. The highest BCUT2D eigenvalue weighted by Crippen LogP contribution is 2.40. The average Bonchev–Trinajstić information content (AvgIpc) is 4.34. The number of aromatic hydroxyl groups is 1. The molecule has 5 atom stereocenters. The first-order valence-electron chi connectivity index (χ1n) is 27.9. The quantitative estimate of drug-likeness (QED) is 0.0190. The van der Waals surface area contributed by atoms with E-state index < -0.39 is 35.4 Å². The third-order valence-electron chi connectivity index (χ3n) is 15.9. The average molecular weight is 1090 g/mol. The van der Waals surface area contributed by atoms with Crippen LogP contribution in [0, 0.1) is 24.0 Å². The fraction of sp³-hybridized carbons (Fsp3) is 0.492. The number of phenolic OH excluding ortho intramolecular Hbond substituents is 1. The highest BCUT2D eigenvalue weighted by Gasteiger charge is 2.43. The maximum Gasteiger partial charge on any atom is 0.407 e. The van der Waals surface area contributed by atoms with Crippen LogP contribution in [-0.2, 0) is 14.3 Å². The summed E-state index contributed by atoms with van der Waals surface area (Å²) in [6.45, 7) is 6.39. The molecule has 79 heavy (non-hydrogen) atoms. The number of amides is 5. The van der Waals surface area contributed by atoms with Crippen LogP contribution in [-0.4, -0.2) is 137 Å². The van der Waals surface area contributed by atoms with Crippen molar-refractivity contribution >= 4 is 63.4 Å². The maximum absolute atomic E-state index is 16.1. The van der Waals surface area contributed by atoms with Gasteiger partial charge in [0.1, 0.15) is 41.2 Å². The monoisotopic (exact) mass is 1080 g/mol. The van der Waals surface area contributed by atoms with Crippen molar-refractivity contribution in [3.8, 4) is 35.4 Å².